The fourth-order valence-corrected chi connectivity index (χ4v) is 1.66. The normalized spacial score (nSPS) is 12.7. The van der Waals surface area contributed by atoms with Crippen molar-refractivity contribution in [1.29, 1.82) is 0 Å². The summed E-state index contributed by atoms with van der Waals surface area (Å²) in [6.07, 6.45) is 0.976. The van der Waals surface area contributed by atoms with Gasteiger partial charge in [-0.05, 0) is 13.3 Å². The first-order valence-corrected chi connectivity index (χ1v) is 5.83. The molecule has 0 aliphatic carbocycles. The maximum Gasteiger partial charge on any atom is 0.148 e. The van der Waals surface area contributed by atoms with Gasteiger partial charge in [0.1, 0.15) is 5.82 Å². The minimum atomic E-state index is -0.172. The van der Waals surface area contributed by atoms with Crippen LogP contribution in [0.25, 0.3) is 0 Å². The van der Waals surface area contributed by atoms with Gasteiger partial charge >= 0.3 is 0 Å². The molecule has 1 unspecified atom stereocenters. The molecule has 0 fully saturated rings. The number of methoxy groups -OCH3 is 1. The standard InChI is InChI=1S/C11H22N4O2/c1-4-5-15-11(10(12)8(2)14-15)13-9(6-16)7-17-3/h9,13,16H,4-7,12H2,1-3H3. The van der Waals surface area contributed by atoms with Crippen molar-refractivity contribution in [3.05, 3.63) is 5.69 Å². The maximum absolute atomic E-state index is 9.22. The first-order chi connectivity index (χ1) is 8.13. The Bertz CT molecular complexity index is 351. The fraction of sp³-hybridized carbons (Fsp3) is 0.727. The van der Waals surface area contributed by atoms with Gasteiger partial charge in [0.25, 0.3) is 0 Å². The van der Waals surface area contributed by atoms with E-state index in [2.05, 4.69) is 17.3 Å². The second kappa shape index (κ2) is 6.46. The molecule has 0 spiro atoms. The van der Waals surface area contributed by atoms with E-state index in [1.807, 2.05) is 11.6 Å². The molecule has 6 nitrogen and oxygen atoms in total. The van der Waals surface area contributed by atoms with E-state index in [0.29, 0.717) is 12.3 Å². The molecule has 0 aromatic carbocycles. The monoisotopic (exact) mass is 242 g/mol. The summed E-state index contributed by atoms with van der Waals surface area (Å²) in [6.45, 7) is 5.16. The molecule has 0 saturated carbocycles. The summed E-state index contributed by atoms with van der Waals surface area (Å²) in [7, 11) is 1.60. The van der Waals surface area contributed by atoms with Crippen LogP contribution in [-0.4, -0.2) is 41.3 Å². The number of nitrogen functional groups attached to an aromatic ring is 1. The van der Waals surface area contributed by atoms with E-state index in [4.69, 9.17) is 10.5 Å². The van der Waals surface area contributed by atoms with E-state index in [-0.39, 0.29) is 12.6 Å². The molecule has 0 bridgehead atoms. The molecule has 0 amide bonds. The van der Waals surface area contributed by atoms with Crippen molar-refractivity contribution >= 4 is 11.5 Å². The minimum absolute atomic E-state index is 0.0103. The van der Waals surface area contributed by atoms with Gasteiger partial charge in [-0.3, -0.25) is 0 Å². The van der Waals surface area contributed by atoms with E-state index in [9.17, 15) is 5.11 Å². The highest BCUT2D eigenvalue weighted by atomic mass is 16.5. The molecular weight excluding hydrogens is 220 g/mol. The van der Waals surface area contributed by atoms with Crippen molar-refractivity contribution in [3.8, 4) is 0 Å². The minimum Gasteiger partial charge on any atom is -0.394 e. The van der Waals surface area contributed by atoms with Gasteiger partial charge in [0.15, 0.2) is 0 Å². The molecule has 1 aromatic rings. The molecular formula is C11H22N4O2. The summed E-state index contributed by atoms with van der Waals surface area (Å²) in [6, 6.07) is -0.172. The summed E-state index contributed by atoms with van der Waals surface area (Å²) < 4.78 is 6.86. The number of aliphatic hydroxyl groups is 1. The van der Waals surface area contributed by atoms with Crippen molar-refractivity contribution in [2.45, 2.75) is 32.9 Å². The Morgan fingerprint density at radius 1 is 1.59 bits per heavy atom. The highest BCUT2D eigenvalue weighted by Crippen LogP contribution is 2.23. The van der Waals surface area contributed by atoms with Gasteiger partial charge in [-0.15, -0.1) is 0 Å². The zero-order chi connectivity index (χ0) is 12.8. The number of ether oxygens (including phenoxy) is 1. The quantitative estimate of drug-likeness (QED) is 0.652. The number of aliphatic hydroxyl groups excluding tert-OH is 1. The van der Waals surface area contributed by atoms with Crippen LogP contribution >= 0.6 is 0 Å². The fourth-order valence-electron chi connectivity index (χ4n) is 1.66. The van der Waals surface area contributed by atoms with Crippen LogP contribution in [0.5, 0.6) is 0 Å². The van der Waals surface area contributed by atoms with Crippen molar-refractivity contribution in [2.75, 3.05) is 31.4 Å². The SMILES string of the molecule is CCCn1nc(C)c(N)c1NC(CO)COC. The number of nitrogens with zero attached hydrogens (tertiary/aromatic N) is 2. The first-order valence-electron chi connectivity index (χ1n) is 5.83. The van der Waals surface area contributed by atoms with Gasteiger partial charge in [0, 0.05) is 13.7 Å². The third kappa shape index (κ3) is 3.34. The topological polar surface area (TPSA) is 85.3 Å². The molecule has 6 heteroatoms. The Hall–Kier alpha value is -1.27. The molecule has 0 aliphatic rings. The van der Waals surface area contributed by atoms with E-state index in [1.165, 1.54) is 0 Å². The molecule has 1 atom stereocenters. The number of rotatable bonds is 7. The molecule has 0 radical (unpaired) electrons. The Kier molecular flexibility index (Phi) is 5.24. The Balaban J connectivity index is 2.86. The highest BCUT2D eigenvalue weighted by Gasteiger charge is 2.15. The number of hydrogen-bond donors (Lipinski definition) is 3. The smallest absolute Gasteiger partial charge is 0.148 e. The van der Waals surface area contributed by atoms with E-state index >= 15 is 0 Å². The highest BCUT2D eigenvalue weighted by molar-refractivity contribution is 5.65. The third-order valence-electron chi connectivity index (χ3n) is 2.54. The van der Waals surface area contributed by atoms with Crippen LogP contribution in [0.4, 0.5) is 11.5 Å². The van der Waals surface area contributed by atoms with Gasteiger partial charge in [0.05, 0.1) is 30.6 Å². The number of aryl methyl sites for hydroxylation is 2. The summed E-state index contributed by atoms with van der Waals surface area (Å²) in [5.41, 5.74) is 7.40. The molecule has 98 valence electrons. The van der Waals surface area contributed by atoms with Gasteiger partial charge < -0.3 is 20.9 Å². The zero-order valence-electron chi connectivity index (χ0n) is 10.7. The molecule has 0 aliphatic heterocycles. The lowest BCUT2D eigenvalue weighted by atomic mass is 10.3. The van der Waals surface area contributed by atoms with Gasteiger partial charge in [-0.1, -0.05) is 6.92 Å². The lowest BCUT2D eigenvalue weighted by Gasteiger charge is -2.18. The van der Waals surface area contributed by atoms with Gasteiger partial charge in [-0.25, -0.2) is 4.68 Å². The number of hydrogen-bond acceptors (Lipinski definition) is 5. The molecule has 0 saturated heterocycles. The van der Waals surface area contributed by atoms with Crippen LogP contribution in [-0.2, 0) is 11.3 Å². The largest absolute Gasteiger partial charge is 0.394 e. The average molecular weight is 242 g/mol. The number of nitrogens with two attached hydrogens (primary N) is 1. The van der Waals surface area contributed by atoms with Crippen LogP contribution in [0, 0.1) is 6.92 Å². The summed E-state index contributed by atoms with van der Waals surface area (Å²) in [4.78, 5) is 0. The van der Waals surface area contributed by atoms with E-state index in [0.717, 1.165) is 24.5 Å². The van der Waals surface area contributed by atoms with Crippen LogP contribution in [0.1, 0.15) is 19.0 Å². The predicted octanol–water partition coefficient (Wildman–Crippen LogP) is 0.603. The number of aromatic nitrogens is 2. The van der Waals surface area contributed by atoms with Crippen LogP contribution in [0.3, 0.4) is 0 Å². The van der Waals surface area contributed by atoms with Crippen LogP contribution in [0.2, 0.25) is 0 Å². The maximum atomic E-state index is 9.22. The first kappa shape index (κ1) is 13.8. The number of anilines is 2. The summed E-state index contributed by atoms with van der Waals surface area (Å²) in [5, 5.41) is 16.8. The molecule has 1 rings (SSSR count). The summed E-state index contributed by atoms with van der Waals surface area (Å²) in [5.74, 6) is 0.764. The van der Waals surface area contributed by atoms with Crippen LogP contribution < -0.4 is 11.1 Å². The van der Waals surface area contributed by atoms with Crippen LogP contribution in [0.15, 0.2) is 0 Å². The molecule has 1 aromatic heterocycles. The van der Waals surface area contributed by atoms with Crippen molar-refractivity contribution < 1.29 is 9.84 Å². The second-order valence-electron chi connectivity index (χ2n) is 4.05. The van der Waals surface area contributed by atoms with Crippen molar-refractivity contribution in [3.63, 3.8) is 0 Å². The Morgan fingerprint density at radius 2 is 2.29 bits per heavy atom. The number of nitrogens with one attached hydrogen (secondary N) is 1. The predicted molar refractivity (Wildman–Crippen MR) is 68.0 cm³/mol. The zero-order valence-corrected chi connectivity index (χ0v) is 10.7. The molecule has 17 heavy (non-hydrogen) atoms. The molecule has 4 N–H and O–H groups in total. The van der Waals surface area contributed by atoms with Crippen molar-refractivity contribution in [2.24, 2.45) is 0 Å². The third-order valence-corrected chi connectivity index (χ3v) is 2.54. The van der Waals surface area contributed by atoms with E-state index < -0.39 is 0 Å². The lowest BCUT2D eigenvalue weighted by molar-refractivity contribution is 0.153. The van der Waals surface area contributed by atoms with E-state index in [1.54, 1.807) is 7.11 Å². The Labute approximate surface area is 102 Å². The lowest BCUT2D eigenvalue weighted by Crippen LogP contribution is -2.30. The average Bonchev–Trinajstić information content (AvgIpc) is 2.56. The Morgan fingerprint density at radius 3 is 2.82 bits per heavy atom. The second-order valence-corrected chi connectivity index (χ2v) is 4.05. The van der Waals surface area contributed by atoms with Crippen molar-refractivity contribution in [1.82, 2.24) is 9.78 Å². The molecule has 1 heterocycles. The van der Waals surface area contributed by atoms with Gasteiger partial charge in [-0.2, -0.15) is 5.10 Å². The van der Waals surface area contributed by atoms with Gasteiger partial charge in [0.2, 0.25) is 0 Å². The summed E-state index contributed by atoms with van der Waals surface area (Å²) >= 11 is 0.